The first-order valence-corrected chi connectivity index (χ1v) is 8.22. The molecule has 2 unspecified atom stereocenters. The fourth-order valence-corrected chi connectivity index (χ4v) is 3.99. The van der Waals surface area contributed by atoms with Crippen molar-refractivity contribution in [1.82, 2.24) is 9.55 Å². The first-order valence-electron chi connectivity index (χ1n) is 6.94. The second-order valence-corrected chi connectivity index (χ2v) is 6.44. The predicted molar refractivity (Wildman–Crippen MR) is 83.7 cm³/mol. The molecule has 3 rings (SSSR count). The van der Waals surface area contributed by atoms with Crippen molar-refractivity contribution in [3.63, 3.8) is 0 Å². The summed E-state index contributed by atoms with van der Waals surface area (Å²) < 4.78 is 2.14. The lowest BCUT2D eigenvalue weighted by Crippen LogP contribution is -2.21. The number of anilines is 1. The molecule has 0 bridgehead atoms. The van der Waals surface area contributed by atoms with Crippen molar-refractivity contribution in [2.45, 2.75) is 37.0 Å². The Hall–Kier alpha value is -1.67. The lowest BCUT2D eigenvalue weighted by atomic mass is 9.94. The van der Waals surface area contributed by atoms with E-state index in [1.54, 1.807) is 6.07 Å². The summed E-state index contributed by atoms with van der Waals surface area (Å²) in [5.41, 5.74) is 8.46. The Labute approximate surface area is 123 Å². The molecule has 5 heteroatoms. The molecule has 1 aromatic carbocycles. The molecule has 0 saturated heterocycles. The summed E-state index contributed by atoms with van der Waals surface area (Å²) in [6.07, 6.45) is 6.97. The first-order chi connectivity index (χ1) is 9.74. The quantitative estimate of drug-likeness (QED) is 0.919. The van der Waals surface area contributed by atoms with E-state index < -0.39 is 0 Å². The molecule has 0 radical (unpaired) electrons. The molecule has 1 saturated carbocycles. The van der Waals surface area contributed by atoms with Gasteiger partial charge in [-0.15, -0.1) is 0 Å². The minimum absolute atomic E-state index is 0.403. The monoisotopic (exact) mass is 286 g/mol. The Balaban J connectivity index is 2.07. The number of hydrogen-bond donors (Lipinski definition) is 1. The van der Waals surface area contributed by atoms with Crippen LogP contribution in [0.2, 0.25) is 0 Å². The van der Waals surface area contributed by atoms with Crippen molar-refractivity contribution in [1.29, 1.82) is 5.26 Å². The van der Waals surface area contributed by atoms with Crippen LogP contribution in [0.15, 0.2) is 18.2 Å². The van der Waals surface area contributed by atoms with Gasteiger partial charge in [-0.1, -0.05) is 12.5 Å². The molecule has 104 valence electrons. The van der Waals surface area contributed by atoms with Gasteiger partial charge < -0.3 is 10.3 Å². The minimum atomic E-state index is 0.403. The Morgan fingerprint density at radius 2 is 2.30 bits per heavy atom. The molecule has 0 amide bonds. The average molecular weight is 286 g/mol. The van der Waals surface area contributed by atoms with Crippen LogP contribution in [0.3, 0.4) is 0 Å². The van der Waals surface area contributed by atoms with Crippen molar-refractivity contribution < 1.29 is 0 Å². The highest BCUT2D eigenvalue weighted by Crippen LogP contribution is 2.37. The number of rotatable bonds is 2. The third-order valence-corrected chi connectivity index (χ3v) is 5.26. The second kappa shape index (κ2) is 5.37. The van der Waals surface area contributed by atoms with Gasteiger partial charge in [0.05, 0.1) is 11.1 Å². The van der Waals surface area contributed by atoms with E-state index >= 15 is 0 Å². The number of nitriles is 1. The van der Waals surface area contributed by atoms with Crippen molar-refractivity contribution >= 4 is 28.7 Å². The number of imidazole rings is 1. The summed E-state index contributed by atoms with van der Waals surface area (Å²) in [6.45, 7) is 0. The standard InChI is InChI=1S/C15H18N4S/c1-20-12-6-3-5-11(8-12)19-13-7-2-4-10(9-16)14(13)18-15(19)17/h2,4,7,11-12H,3,5-6,8H2,1H3,(H2,17,18). The smallest absolute Gasteiger partial charge is 0.201 e. The molecule has 2 N–H and O–H groups in total. The van der Waals surface area contributed by atoms with Crippen LogP contribution in [-0.2, 0) is 0 Å². The molecule has 0 aliphatic heterocycles. The van der Waals surface area contributed by atoms with E-state index in [0.717, 1.165) is 23.9 Å². The molecule has 2 aromatic rings. The molecule has 20 heavy (non-hydrogen) atoms. The van der Waals surface area contributed by atoms with Gasteiger partial charge in [-0.3, -0.25) is 0 Å². The van der Waals surface area contributed by atoms with Gasteiger partial charge in [0, 0.05) is 11.3 Å². The lowest BCUT2D eigenvalue weighted by Gasteiger charge is -2.29. The van der Waals surface area contributed by atoms with Crippen LogP contribution < -0.4 is 5.73 Å². The largest absolute Gasteiger partial charge is 0.369 e. The van der Waals surface area contributed by atoms with Crippen LogP contribution in [0, 0.1) is 11.3 Å². The van der Waals surface area contributed by atoms with Gasteiger partial charge in [0.15, 0.2) is 0 Å². The van der Waals surface area contributed by atoms with Crippen molar-refractivity contribution in [3.05, 3.63) is 23.8 Å². The highest BCUT2D eigenvalue weighted by Gasteiger charge is 2.25. The van der Waals surface area contributed by atoms with Gasteiger partial charge in [0.1, 0.15) is 11.6 Å². The van der Waals surface area contributed by atoms with Crippen LogP contribution in [0.25, 0.3) is 11.0 Å². The predicted octanol–water partition coefficient (Wildman–Crippen LogP) is 3.34. The summed E-state index contributed by atoms with van der Waals surface area (Å²) in [6, 6.07) is 8.32. The fourth-order valence-electron chi connectivity index (χ4n) is 3.18. The summed E-state index contributed by atoms with van der Waals surface area (Å²) >= 11 is 1.94. The number of nitrogen functional groups attached to an aromatic ring is 1. The van der Waals surface area contributed by atoms with Gasteiger partial charge in [-0.2, -0.15) is 17.0 Å². The van der Waals surface area contributed by atoms with E-state index in [1.165, 1.54) is 12.8 Å². The Kier molecular flexibility index (Phi) is 3.58. The maximum Gasteiger partial charge on any atom is 0.201 e. The molecule has 1 aliphatic rings. The zero-order chi connectivity index (χ0) is 14.1. The van der Waals surface area contributed by atoms with E-state index in [2.05, 4.69) is 21.9 Å². The summed E-state index contributed by atoms with van der Waals surface area (Å²) in [5.74, 6) is 0.537. The van der Waals surface area contributed by atoms with E-state index in [4.69, 9.17) is 5.73 Å². The molecule has 0 spiro atoms. The highest BCUT2D eigenvalue weighted by atomic mass is 32.2. The van der Waals surface area contributed by atoms with E-state index in [-0.39, 0.29) is 0 Å². The molecule has 2 atom stereocenters. The van der Waals surface area contributed by atoms with Gasteiger partial charge in [-0.05, 0) is 37.7 Å². The molecule has 1 heterocycles. The third kappa shape index (κ3) is 2.14. The number of nitrogens with two attached hydrogens (primary N) is 1. The van der Waals surface area contributed by atoms with Crippen LogP contribution >= 0.6 is 11.8 Å². The summed E-state index contributed by atoms with van der Waals surface area (Å²) in [5, 5.41) is 9.88. The number of nitrogens with zero attached hydrogens (tertiary/aromatic N) is 3. The number of aromatic nitrogens is 2. The first kappa shape index (κ1) is 13.3. The van der Waals surface area contributed by atoms with Crippen molar-refractivity contribution in [3.8, 4) is 6.07 Å². The molecule has 1 aliphatic carbocycles. The van der Waals surface area contributed by atoms with Crippen molar-refractivity contribution in [2.24, 2.45) is 0 Å². The molecule has 1 aromatic heterocycles. The van der Waals surface area contributed by atoms with Gasteiger partial charge in [-0.25, -0.2) is 4.98 Å². The molecule has 1 fully saturated rings. The maximum absolute atomic E-state index is 9.18. The number of para-hydroxylation sites is 1. The van der Waals surface area contributed by atoms with E-state index in [0.29, 0.717) is 22.8 Å². The molecular formula is C15H18N4S. The molecule has 4 nitrogen and oxygen atoms in total. The average Bonchev–Trinajstić information content (AvgIpc) is 2.83. The number of thioether (sulfide) groups is 1. The highest BCUT2D eigenvalue weighted by molar-refractivity contribution is 7.99. The zero-order valence-corrected chi connectivity index (χ0v) is 12.4. The lowest BCUT2D eigenvalue weighted by molar-refractivity contribution is 0.371. The fraction of sp³-hybridized carbons (Fsp3) is 0.467. The SMILES string of the molecule is CSC1CCCC(n2c(N)nc3c(C#N)cccc32)C1. The van der Waals surface area contributed by atoms with E-state index in [1.807, 2.05) is 23.9 Å². The van der Waals surface area contributed by atoms with Gasteiger partial charge in [0.25, 0.3) is 0 Å². The summed E-state index contributed by atoms with van der Waals surface area (Å²) in [7, 11) is 0. The number of benzene rings is 1. The topological polar surface area (TPSA) is 67.6 Å². The minimum Gasteiger partial charge on any atom is -0.369 e. The summed E-state index contributed by atoms with van der Waals surface area (Å²) in [4.78, 5) is 4.42. The van der Waals surface area contributed by atoms with Crippen LogP contribution in [0.1, 0.15) is 37.3 Å². The Morgan fingerprint density at radius 1 is 1.45 bits per heavy atom. The normalized spacial score (nSPS) is 22.8. The van der Waals surface area contributed by atoms with E-state index in [9.17, 15) is 5.26 Å². The van der Waals surface area contributed by atoms with Crippen LogP contribution in [0.5, 0.6) is 0 Å². The second-order valence-electron chi connectivity index (χ2n) is 5.30. The zero-order valence-electron chi connectivity index (χ0n) is 11.5. The van der Waals surface area contributed by atoms with Crippen LogP contribution in [-0.4, -0.2) is 21.1 Å². The number of fused-ring (bicyclic) bond motifs is 1. The van der Waals surface area contributed by atoms with Gasteiger partial charge in [0.2, 0.25) is 5.95 Å². The molecular weight excluding hydrogens is 268 g/mol. The van der Waals surface area contributed by atoms with Crippen molar-refractivity contribution in [2.75, 3.05) is 12.0 Å². The van der Waals surface area contributed by atoms with Crippen LogP contribution in [0.4, 0.5) is 5.95 Å². The van der Waals surface area contributed by atoms with Gasteiger partial charge >= 0.3 is 0 Å². The Morgan fingerprint density at radius 3 is 3.05 bits per heavy atom. The maximum atomic E-state index is 9.18. The Bertz CT molecular complexity index is 670. The number of hydrogen-bond acceptors (Lipinski definition) is 4. The third-order valence-electron chi connectivity index (χ3n) is 4.16.